The number of rotatable bonds is 3. The summed E-state index contributed by atoms with van der Waals surface area (Å²) >= 11 is 0. The van der Waals surface area contributed by atoms with Gasteiger partial charge in [-0.3, -0.25) is 0 Å². The van der Waals surface area contributed by atoms with Crippen molar-refractivity contribution >= 4 is 0 Å². The summed E-state index contributed by atoms with van der Waals surface area (Å²) in [7, 11) is 1.71. The van der Waals surface area contributed by atoms with Crippen molar-refractivity contribution in [3.05, 3.63) is 29.8 Å². The van der Waals surface area contributed by atoms with E-state index >= 15 is 0 Å². The van der Waals surface area contributed by atoms with E-state index in [1.54, 1.807) is 12.0 Å². The number of quaternary nitrogens is 1. The molecule has 1 heterocycles. The van der Waals surface area contributed by atoms with Crippen molar-refractivity contribution in [1.82, 2.24) is 0 Å². The third-order valence-electron chi connectivity index (χ3n) is 3.17. The fraction of sp³-hybridized carbons (Fsp3) is 0.538. The van der Waals surface area contributed by atoms with Crippen molar-refractivity contribution < 1.29 is 9.64 Å². The van der Waals surface area contributed by atoms with Gasteiger partial charge in [-0.1, -0.05) is 0 Å². The number of hydrogen-bond donors (Lipinski definition) is 1. The van der Waals surface area contributed by atoms with Gasteiger partial charge in [-0.2, -0.15) is 0 Å². The minimum absolute atomic E-state index is 0.951. The molecule has 0 unspecified atom stereocenters. The zero-order valence-electron chi connectivity index (χ0n) is 9.46. The van der Waals surface area contributed by atoms with Gasteiger partial charge in [0.05, 0.1) is 20.2 Å². The lowest BCUT2D eigenvalue weighted by atomic mass is 10.1. The van der Waals surface area contributed by atoms with Crippen LogP contribution in [0.15, 0.2) is 24.3 Å². The Morgan fingerprint density at radius 1 is 1.07 bits per heavy atom. The molecule has 1 aromatic carbocycles. The number of ether oxygens (including phenoxy) is 1. The summed E-state index contributed by atoms with van der Waals surface area (Å²) < 4.78 is 5.15. The summed E-state index contributed by atoms with van der Waals surface area (Å²) in [5, 5.41) is 0. The first-order chi connectivity index (χ1) is 7.38. The van der Waals surface area contributed by atoms with E-state index in [1.807, 2.05) is 0 Å². The Morgan fingerprint density at radius 2 is 1.73 bits per heavy atom. The van der Waals surface area contributed by atoms with E-state index in [0.29, 0.717) is 0 Å². The molecule has 1 N–H and O–H groups in total. The maximum atomic E-state index is 5.15. The normalized spacial score (nSPS) is 17.7. The molecule has 1 aromatic rings. The first kappa shape index (κ1) is 10.5. The largest absolute Gasteiger partial charge is 0.497 e. The lowest BCUT2D eigenvalue weighted by Crippen LogP contribution is -3.11. The second-order valence-corrected chi connectivity index (χ2v) is 4.34. The topological polar surface area (TPSA) is 13.7 Å². The summed E-state index contributed by atoms with van der Waals surface area (Å²) in [5.74, 6) is 0.951. The van der Waals surface area contributed by atoms with E-state index in [2.05, 4.69) is 24.3 Å². The smallest absolute Gasteiger partial charge is 0.118 e. The Hall–Kier alpha value is -1.02. The number of methoxy groups -OCH3 is 1. The molecule has 0 amide bonds. The molecule has 2 heteroatoms. The van der Waals surface area contributed by atoms with E-state index in [1.165, 1.54) is 44.5 Å². The predicted octanol–water partition coefficient (Wildman–Crippen LogP) is 1.26. The van der Waals surface area contributed by atoms with Crippen LogP contribution in [0, 0.1) is 0 Å². The van der Waals surface area contributed by atoms with Gasteiger partial charge in [-0.15, -0.1) is 0 Å². The number of hydrogen-bond acceptors (Lipinski definition) is 1. The highest BCUT2D eigenvalue weighted by Gasteiger charge is 2.13. The third-order valence-corrected chi connectivity index (χ3v) is 3.17. The molecule has 0 bridgehead atoms. The van der Waals surface area contributed by atoms with Crippen molar-refractivity contribution in [3.8, 4) is 5.75 Å². The minimum atomic E-state index is 0.951. The van der Waals surface area contributed by atoms with Crippen molar-refractivity contribution in [3.63, 3.8) is 0 Å². The maximum absolute atomic E-state index is 5.15. The fourth-order valence-electron chi connectivity index (χ4n) is 2.26. The van der Waals surface area contributed by atoms with E-state index in [-0.39, 0.29) is 0 Å². The van der Waals surface area contributed by atoms with Gasteiger partial charge in [-0.25, -0.2) is 0 Å². The van der Waals surface area contributed by atoms with Crippen LogP contribution < -0.4 is 9.64 Å². The highest BCUT2D eigenvalue weighted by molar-refractivity contribution is 5.26. The average molecular weight is 206 g/mol. The van der Waals surface area contributed by atoms with Gasteiger partial charge in [-0.05, 0) is 43.5 Å². The minimum Gasteiger partial charge on any atom is -0.497 e. The molecule has 1 aliphatic rings. The molecule has 0 aromatic heterocycles. The molecule has 0 aliphatic carbocycles. The molecule has 2 rings (SSSR count). The molecule has 0 radical (unpaired) electrons. The quantitative estimate of drug-likeness (QED) is 0.786. The third kappa shape index (κ3) is 2.96. The van der Waals surface area contributed by atoms with Crippen LogP contribution in [0.2, 0.25) is 0 Å². The second kappa shape index (κ2) is 5.17. The number of piperidine rings is 1. The summed E-state index contributed by atoms with van der Waals surface area (Å²) in [4.78, 5) is 1.73. The van der Waals surface area contributed by atoms with Crippen LogP contribution in [0.4, 0.5) is 0 Å². The van der Waals surface area contributed by atoms with E-state index in [9.17, 15) is 0 Å². The molecule has 1 saturated heterocycles. The maximum Gasteiger partial charge on any atom is 0.118 e. The second-order valence-electron chi connectivity index (χ2n) is 4.34. The Kier molecular flexibility index (Phi) is 3.62. The molecule has 0 atom stereocenters. The summed E-state index contributed by atoms with van der Waals surface area (Å²) in [6.07, 6.45) is 4.21. The van der Waals surface area contributed by atoms with Crippen molar-refractivity contribution in [2.45, 2.75) is 25.8 Å². The van der Waals surface area contributed by atoms with Crippen LogP contribution >= 0.6 is 0 Å². The van der Waals surface area contributed by atoms with Gasteiger partial charge in [0.15, 0.2) is 0 Å². The van der Waals surface area contributed by atoms with Gasteiger partial charge < -0.3 is 9.64 Å². The fourth-order valence-corrected chi connectivity index (χ4v) is 2.26. The van der Waals surface area contributed by atoms with Crippen molar-refractivity contribution in [1.29, 1.82) is 0 Å². The van der Waals surface area contributed by atoms with Gasteiger partial charge in [0, 0.05) is 5.56 Å². The predicted molar refractivity (Wildman–Crippen MR) is 61.2 cm³/mol. The van der Waals surface area contributed by atoms with Crippen LogP contribution in [0.1, 0.15) is 24.8 Å². The van der Waals surface area contributed by atoms with Crippen LogP contribution in [0.5, 0.6) is 5.75 Å². The standard InChI is InChI=1S/C13H19NO/c1-15-13-7-5-12(6-8-13)11-14-9-3-2-4-10-14/h5-8H,2-4,9-11H2,1H3/p+1. The Bertz CT molecular complexity index is 288. The Labute approximate surface area is 91.9 Å². The first-order valence-corrected chi connectivity index (χ1v) is 5.85. The Balaban J connectivity index is 1.91. The molecule has 82 valence electrons. The molecule has 0 saturated carbocycles. The zero-order chi connectivity index (χ0) is 10.5. The summed E-state index contributed by atoms with van der Waals surface area (Å²) in [5.41, 5.74) is 1.42. The van der Waals surface area contributed by atoms with E-state index < -0.39 is 0 Å². The van der Waals surface area contributed by atoms with Gasteiger partial charge in [0.1, 0.15) is 12.3 Å². The highest BCUT2D eigenvalue weighted by Crippen LogP contribution is 2.10. The number of likely N-dealkylation sites (tertiary alicyclic amines) is 1. The van der Waals surface area contributed by atoms with Crippen LogP contribution in [-0.4, -0.2) is 20.2 Å². The van der Waals surface area contributed by atoms with E-state index in [0.717, 1.165) is 5.75 Å². The van der Waals surface area contributed by atoms with Crippen LogP contribution in [0.25, 0.3) is 0 Å². The zero-order valence-corrected chi connectivity index (χ0v) is 9.46. The van der Waals surface area contributed by atoms with Crippen LogP contribution in [0.3, 0.4) is 0 Å². The molecule has 0 spiro atoms. The monoisotopic (exact) mass is 206 g/mol. The van der Waals surface area contributed by atoms with Gasteiger partial charge in [0.25, 0.3) is 0 Å². The lowest BCUT2D eigenvalue weighted by molar-refractivity contribution is -0.918. The highest BCUT2D eigenvalue weighted by atomic mass is 16.5. The first-order valence-electron chi connectivity index (χ1n) is 5.85. The molecular weight excluding hydrogens is 186 g/mol. The average Bonchev–Trinajstić information content (AvgIpc) is 2.31. The molecule has 15 heavy (non-hydrogen) atoms. The SMILES string of the molecule is COc1ccc(C[NH+]2CCCCC2)cc1. The summed E-state index contributed by atoms with van der Waals surface area (Å²) in [6.45, 7) is 3.85. The van der Waals surface area contributed by atoms with Gasteiger partial charge >= 0.3 is 0 Å². The van der Waals surface area contributed by atoms with Gasteiger partial charge in [0.2, 0.25) is 0 Å². The summed E-state index contributed by atoms with van der Waals surface area (Å²) in [6, 6.07) is 8.47. The molecule has 1 fully saturated rings. The van der Waals surface area contributed by atoms with E-state index in [4.69, 9.17) is 4.74 Å². The molecule has 1 aliphatic heterocycles. The molecule has 2 nitrogen and oxygen atoms in total. The van der Waals surface area contributed by atoms with Crippen molar-refractivity contribution in [2.75, 3.05) is 20.2 Å². The lowest BCUT2D eigenvalue weighted by Gasteiger charge is -2.23. The Morgan fingerprint density at radius 3 is 2.33 bits per heavy atom. The van der Waals surface area contributed by atoms with Crippen LogP contribution in [-0.2, 0) is 6.54 Å². The number of nitrogens with one attached hydrogen (secondary N) is 1. The number of benzene rings is 1. The molecular formula is C13H20NO+. The van der Waals surface area contributed by atoms with Crippen molar-refractivity contribution in [2.24, 2.45) is 0 Å².